The van der Waals surface area contributed by atoms with Gasteiger partial charge in [-0.1, -0.05) is 0 Å². The second-order valence-corrected chi connectivity index (χ2v) is 5.29. The summed E-state index contributed by atoms with van der Waals surface area (Å²) in [5.74, 6) is -1.50. The number of rotatable bonds is 7. The van der Waals surface area contributed by atoms with Crippen molar-refractivity contribution in [3.8, 4) is 0 Å². The summed E-state index contributed by atoms with van der Waals surface area (Å²) in [6, 6.07) is 5.92. The molecule has 1 rings (SSSR count). The molecule has 0 aliphatic rings. The van der Waals surface area contributed by atoms with Crippen LogP contribution in [0.5, 0.6) is 0 Å². The lowest BCUT2D eigenvalue weighted by Crippen LogP contribution is -2.43. The molecule has 1 aromatic carbocycles. The van der Waals surface area contributed by atoms with Crippen molar-refractivity contribution in [3.05, 3.63) is 29.8 Å². The summed E-state index contributed by atoms with van der Waals surface area (Å²) in [4.78, 5) is 35.7. The van der Waals surface area contributed by atoms with Crippen molar-refractivity contribution in [1.82, 2.24) is 10.2 Å². The van der Waals surface area contributed by atoms with Gasteiger partial charge in [0.15, 0.2) is 0 Å². The normalized spacial score (nSPS) is 11.8. The van der Waals surface area contributed by atoms with Crippen molar-refractivity contribution in [3.63, 3.8) is 0 Å². The van der Waals surface area contributed by atoms with Crippen molar-refractivity contribution in [2.24, 2.45) is 0 Å². The van der Waals surface area contributed by atoms with Crippen LogP contribution < -0.4 is 10.6 Å². The average molecular weight is 307 g/mol. The predicted molar refractivity (Wildman–Crippen MR) is 82.8 cm³/mol. The molecule has 0 aromatic heterocycles. The molecular formula is C15H21N3O4. The van der Waals surface area contributed by atoms with Gasteiger partial charge in [0.05, 0.1) is 12.5 Å². The van der Waals surface area contributed by atoms with Gasteiger partial charge in [0.25, 0.3) is 5.91 Å². The molecule has 7 heteroatoms. The number of hydrogen-bond acceptors (Lipinski definition) is 4. The third kappa shape index (κ3) is 6.36. The van der Waals surface area contributed by atoms with E-state index in [0.717, 1.165) is 0 Å². The Kier molecular flexibility index (Phi) is 6.52. The zero-order valence-corrected chi connectivity index (χ0v) is 12.9. The van der Waals surface area contributed by atoms with Crippen LogP contribution in [0, 0.1) is 0 Å². The summed E-state index contributed by atoms with van der Waals surface area (Å²) >= 11 is 0. The molecule has 3 N–H and O–H groups in total. The molecule has 0 aliphatic heterocycles. The monoisotopic (exact) mass is 307 g/mol. The highest BCUT2D eigenvalue weighted by Crippen LogP contribution is 2.10. The topological polar surface area (TPSA) is 98.7 Å². The summed E-state index contributed by atoms with van der Waals surface area (Å²) in [5, 5.41) is 14.2. The van der Waals surface area contributed by atoms with Crippen molar-refractivity contribution in [2.75, 3.05) is 26.0 Å². The average Bonchev–Trinajstić information content (AvgIpc) is 2.36. The second-order valence-electron chi connectivity index (χ2n) is 5.29. The largest absolute Gasteiger partial charge is 0.481 e. The van der Waals surface area contributed by atoms with Crippen molar-refractivity contribution < 1.29 is 19.5 Å². The molecule has 1 aromatic rings. The maximum absolute atomic E-state index is 12.1. The van der Waals surface area contributed by atoms with E-state index in [1.807, 2.05) is 19.0 Å². The fourth-order valence-electron chi connectivity index (χ4n) is 1.99. The third-order valence-corrected chi connectivity index (χ3v) is 2.81. The number of aliphatic carboxylic acids is 1. The predicted octanol–water partition coefficient (Wildman–Crippen LogP) is 0.780. The molecule has 0 saturated heterocycles. The van der Waals surface area contributed by atoms with E-state index in [2.05, 4.69) is 10.6 Å². The Morgan fingerprint density at radius 1 is 1.18 bits per heavy atom. The molecule has 0 aliphatic carbocycles. The molecule has 7 nitrogen and oxygen atoms in total. The van der Waals surface area contributed by atoms with Crippen LogP contribution in [0.4, 0.5) is 5.69 Å². The van der Waals surface area contributed by atoms with Crippen LogP contribution in [0.15, 0.2) is 24.3 Å². The van der Waals surface area contributed by atoms with E-state index < -0.39 is 12.0 Å². The number of carboxylic acids is 1. The Bertz CT molecular complexity index is 540. The zero-order chi connectivity index (χ0) is 16.7. The van der Waals surface area contributed by atoms with E-state index in [4.69, 9.17) is 5.11 Å². The number of carbonyl (C=O) groups excluding carboxylic acids is 2. The Morgan fingerprint density at radius 3 is 2.23 bits per heavy atom. The van der Waals surface area contributed by atoms with Gasteiger partial charge in [-0.05, 0) is 38.4 Å². The number of nitrogens with one attached hydrogen (secondary N) is 2. The van der Waals surface area contributed by atoms with E-state index in [9.17, 15) is 14.4 Å². The Hall–Kier alpha value is -2.41. The molecule has 0 radical (unpaired) electrons. The minimum absolute atomic E-state index is 0.145. The van der Waals surface area contributed by atoms with Crippen molar-refractivity contribution in [2.45, 2.75) is 19.4 Å². The first-order chi connectivity index (χ1) is 10.3. The highest BCUT2D eigenvalue weighted by atomic mass is 16.4. The van der Waals surface area contributed by atoms with Crippen molar-refractivity contribution in [1.29, 1.82) is 0 Å². The number of anilines is 1. The van der Waals surface area contributed by atoms with Gasteiger partial charge in [0, 0.05) is 24.7 Å². The van der Waals surface area contributed by atoms with Crippen LogP contribution in [0.3, 0.4) is 0 Å². The fourth-order valence-corrected chi connectivity index (χ4v) is 1.99. The Morgan fingerprint density at radius 2 is 1.77 bits per heavy atom. The van der Waals surface area contributed by atoms with E-state index in [0.29, 0.717) is 17.8 Å². The number of carbonyl (C=O) groups is 3. The van der Waals surface area contributed by atoms with Crippen molar-refractivity contribution >= 4 is 23.5 Å². The molecule has 120 valence electrons. The van der Waals surface area contributed by atoms with Gasteiger partial charge < -0.3 is 20.6 Å². The molecule has 0 heterocycles. The summed E-state index contributed by atoms with van der Waals surface area (Å²) in [7, 11) is 3.62. The van der Waals surface area contributed by atoms with E-state index in [-0.39, 0.29) is 18.2 Å². The van der Waals surface area contributed by atoms with Crippen LogP contribution in [0.2, 0.25) is 0 Å². The van der Waals surface area contributed by atoms with Crippen LogP contribution in [-0.2, 0) is 9.59 Å². The molecule has 0 spiro atoms. The number of benzene rings is 1. The first-order valence-corrected chi connectivity index (χ1v) is 6.83. The van der Waals surface area contributed by atoms with Crippen LogP contribution in [-0.4, -0.2) is 54.5 Å². The quantitative estimate of drug-likeness (QED) is 0.691. The fraction of sp³-hybridized carbons (Fsp3) is 0.400. The number of amides is 2. The molecule has 2 amide bonds. The van der Waals surface area contributed by atoms with Gasteiger partial charge in [-0.15, -0.1) is 0 Å². The summed E-state index contributed by atoms with van der Waals surface area (Å²) < 4.78 is 0. The van der Waals surface area contributed by atoms with E-state index in [1.165, 1.54) is 6.92 Å². The summed E-state index contributed by atoms with van der Waals surface area (Å²) in [5.41, 5.74) is 1.00. The second kappa shape index (κ2) is 8.14. The van der Waals surface area contributed by atoms with E-state index in [1.54, 1.807) is 24.3 Å². The van der Waals surface area contributed by atoms with Gasteiger partial charge in [0.1, 0.15) is 0 Å². The summed E-state index contributed by atoms with van der Waals surface area (Å²) in [6.07, 6.45) is -0.145. The van der Waals surface area contributed by atoms with Crippen LogP contribution in [0.25, 0.3) is 0 Å². The van der Waals surface area contributed by atoms with Gasteiger partial charge >= 0.3 is 5.97 Å². The number of likely N-dealkylation sites (N-methyl/N-ethyl adjacent to an activating group) is 1. The minimum Gasteiger partial charge on any atom is -0.481 e. The molecule has 22 heavy (non-hydrogen) atoms. The Balaban J connectivity index is 2.72. The molecular weight excluding hydrogens is 286 g/mol. The zero-order valence-electron chi connectivity index (χ0n) is 12.9. The first-order valence-electron chi connectivity index (χ1n) is 6.83. The molecule has 0 fully saturated rings. The Labute approximate surface area is 129 Å². The number of nitrogens with zero attached hydrogens (tertiary/aromatic N) is 1. The molecule has 0 saturated carbocycles. The standard InChI is InChI=1S/C15H21N3O4/c1-10(19)16-12-6-4-11(5-7-12)15(22)17-13(8-14(20)21)9-18(2)3/h4-7,13H,8-9H2,1-3H3,(H,16,19)(H,17,22)(H,20,21)/t13-/m1/s1. The maximum atomic E-state index is 12.1. The van der Waals surface area contributed by atoms with Gasteiger partial charge in [-0.2, -0.15) is 0 Å². The lowest BCUT2D eigenvalue weighted by molar-refractivity contribution is -0.137. The highest BCUT2D eigenvalue weighted by molar-refractivity contribution is 5.95. The smallest absolute Gasteiger partial charge is 0.305 e. The number of hydrogen-bond donors (Lipinski definition) is 3. The SMILES string of the molecule is CC(=O)Nc1ccc(C(=O)N[C@H](CC(=O)O)CN(C)C)cc1. The lowest BCUT2D eigenvalue weighted by Gasteiger charge is -2.21. The highest BCUT2D eigenvalue weighted by Gasteiger charge is 2.17. The third-order valence-electron chi connectivity index (χ3n) is 2.81. The molecule has 1 atom stereocenters. The van der Waals surface area contributed by atoms with Crippen LogP contribution in [0.1, 0.15) is 23.7 Å². The van der Waals surface area contributed by atoms with E-state index >= 15 is 0 Å². The molecule has 0 bridgehead atoms. The minimum atomic E-state index is -0.965. The number of carboxylic acid groups (broad SMARTS) is 1. The lowest BCUT2D eigenvalue weighted by atomic mass is 10.1. The molecule has 0 unspecified atom stereocenters. The maximum Gasteiger partial charge on any atom is 0.305 e. The summed E-state index contributed by atoms with van der Waals surface area (Å²) in [6.45, 7) is 1.83. The first kappa shape index (κ1) is 17.6. The van der Waals surface area contributed by atoms with Gasteiger partial charge in [-0.25, -0.2) is 0 Å². The van der Waals surface area contributed by atoms with Crippen LogP contribution >= 0.6 is 0 Å². The van der Waals surface area contributed by atoms with Gasteiger partial charge in [0.2, 0.25) is 5.91 Å². The van der Waals surface area contributed by atoms with Gasteiger partial charge in [-0.3, -0.25) is 14.4 Å².